The number of hydrogen-bond acceptors (Lipinski definition) is 0. The summed E-state index contributed by atoms with van der Waals surface area (Å²) in [7, 11) is 2.04. The van der Waals surface area contributed by atoms with Crippen LogP contribution < -0.4 is 4.57 Å². The molecule has 75 valence electrons. The fourth-order valence-corrected chi connectivity index (χ4v) is 0.975. The van der Waals surface area contributed by atoms with E-state index in [0.29, 0.717) is 0 Å². The van der Waals surface area contributed by atoms with Crippen LogP contribution in [0.3, 0.4) is 0 Å². The van der Waals surface area contributed by atoms with Crippen LogP contribution in [0.5, 0.6) is 0 Å². The molecule has 0 aromatic carbocycles. The highest BCUT2D eigenvalue weighted by atomic mass is 35.5. The lowest BCUT2D eigenvalue weighted by molar-refractivity contribution is -0.671. The van der Waals surface area contributed by atoms with Crippen molar-refractivity contribution < 1.29 is 4.57 Å². The lowest BCUT2D eigenvalue weighted by Gasteiger charge is -1.90. The van der Waals surface area contributed by atoms with Gasteiger partial charge < -0.3 is 0 Å². The molecule has 0 atom stereocenters. The molecule has 0 saturated carbocycles. The smallest absolute Gasteiger partial charge is 0.240 e. The number of hydrogen-bond donors (Lipinski definition) is 0. The molecule has 1 heterocycles. The SMILES string of the molecule is CCCCn1cc[n+](C)c1.Cl.Cl.[Al]. The van der Waals surface area contributed by atoms with Crippen LogP contribution in [-0.2, 0) is 13.6 Å². The van der Waals surface area contributed by atoms with Gasteiger partial charge in [-0.3, -0.25) is 0 Å². The molecule has 0 aliphatic rings. The molecule has 0 saturated heterocycles. The number of aromatic nitrogens is 2. The molecule has 1 aromatic heterocycles. The zero-order valence-electron chi connectivity index (χ0n) is 8.14. The maximum absolute atomic E-state index is 2.21. The van der Waals surface area contributed by atoms with Crippen LogP contribution in [-0.4, -0.2) is 21.9 Å². The van der Waals surface area contributed by atoms with E-state index in [1.54, 1.807) is 0 Å². The van der Waals surface area contributed by atoms with Crippen LogP contribution in [0, 0.1) is 0 Å². The van der Waals surface area contributed by atoms with Crippen LogP contribution in [0.4, 0.5) is 0 Å². The van der Waals surface area contributed by atoms with Gasteiger partial charge in [0.1, 0.15) is 12.4 Å². The van der Waals surface area contributed by atoms with Gasteiger partial charge in [-0.1, -0.05) is 13.3 Å². The normalized spacial score (nSPS) is 7.85. The minimum absolute atomic E-state index is 0. The molecule has 0 aliphatic heterocycles. The van der Waals surface area contributed by atoms with Crippen molar-refractivity contribution in [3.8, 4) is 0 Å². The Balaban J connectivity index is -0.000000333. The van der Waals surface area contributed by atoms with Gasteiger partial charge in [-0.2, -0.15) is 0 Å². The molecule has 0 unspecified atom stereocenters. The average Bonchev–Trinajstić information content (AvgIpc) is 2.31. The third kappa shape index (κ3) is 7.40. The molecule has 0 N–H and O–H groups in total. The van der Waals surface area contributed by atoms with E-state index >= 15 is 0 Å². The Morgan fingerprint density at radius 3 is 2.31 bits per heavy atom. The first-order valence-corrected chi connectivity index (χ1v) is 3.84. The maximum Gasteiger partial charge on any atom is 0.243 e. The summed E-state index contributed by atoms with van der Waals surface area (Å²) in [6.45, 7) is 3.36. The first-order valence-electron chi connectivity index (χ1n) is 3.84. The topological polar surface area (TPSA) is 8.81 Å². The average molecular weight is 239 g/mol. The second kappa shape index (κ2) is 10.4. The van der Waals surface area contributed by atoms with Crippen molar-refractivity contribution in [2.75, 3.05) is 0 Å². The zero-order chi connectivity index (χ0) is 7.40. The standard InChI is InChI=1S/C8H15N2.Al.2ClH/c1-3-4-5-10-7-6-9(2)8-10;;;/h6-8H,3-5H2,1-2H3;;2*1H/q+1;;;. The summed E-state index contributed by atoms with van der Waals surface area (Å²) in [5.74, 6) is 0. The molecule has 0 spiro atoms. The van der Waals surface area contributed by atoms with Crippen LogP contribution in [0.15, 0.2) is 18.7 Å². The third-order valence-electron chi connectivity index (χ3n) is 1.59. The summed E-state index contributed by atoms with van der Waals surface area (Å²) in [6, 6.07) is 0. The van der Waals surface area contributed by atoms with Gasteiger partial charge in [0.05, 0.1) is 13.6 Å². The van der Waals surface area contributed by atoms with Gasteiger partial charge >= 0.3 is 0 Å². The van der Waals surface area contributed by atoms with E-state index < -0.39 is 0 Å². The van der Waals surface area contributed by atoms with Crippen LogP contribution in [0.25, 0.3) is 0 Å². The summed E-state index contributed by atoms with van der Waals surface area (Å²) in [5.41, 5.74) is 0. The Morgan fingerprint density at radius 1 is 1.31 bits per heavy atom. The molecule has 0 fully saturated rings. The van der Waals surface area contributed by atoms with E-state index in [1.807, 2.05) is 7.05 Å². The highest BCUT2D eigenvalue weighted by Crippen LogP contribution is 1.91. The van der Waals surface area contributed by atoms with Crippen molar-refractivity contribution in [2.24, 2.45) is 7.05 Å². The Morgan fingerprint density at radius 2 is 1.92 bits per heavy atom. The first kappa shape index (κ1) is 19.0. The Bertz CT molecular complexity index is 204. The predicted molar refractivity (Wildman–Crippen MR) is 60.8 cm³/mol. The molecule has 1 rings (SSSR count). The van der Waals surface area contributed by atoms with Crippen molar-refractivity contribution in [1.82, 2.24) is 4.57 Å². The molecule has 0 amide bonds. The van der Waals surface area contributed by atoms with E-state index in [9.17, 15) is 0 Å². The summed E-state index contributed by atoms with van der Waals surface area (Å²) in [5, 5.41) is 0. The fraction of sp³-hybridized carbons (Fsp3) is 0.625. The number of rotatable bonds is 3. The Labute approximate surface area is 103 Å². The van der Waals surface area contributed by atoms with Gasteiger partial charge in [-0.05, 0) is 6.42 Å². The molecular weight excluding hydrogens is 222 g/mol. The zero-order valence-corrected chi connectivity index (χ0v) is 10.9. The number of aryl methyl sites for hydroxylation is 2. The van der Waals surface area contributed by atoms with Gasteiger partial charge in [0.25, 0.3) is 0 Å². The molecule has 2 nitrogen and oxygen atoms in total. The Hall–Kier alpha value is 0.322. The minimum Gasteiger partial charge on any atom is -0.240 e. The predicted octanol–water partition coefficient (Wildman–Crippen LogP) is 1.58. The van der Waals surface area contributed by atoms with Crippen LogP contribution in [0.1, 0.15) is 19.8 Å². The lowest BCUT2D eigenvalue weighted by Crippen LogP contribution is -2.23. The quantitative estimate of drug-likeness (QED) is 0.559. The lowest BCUT2D eigenvalue weighted by atomic mass is 10.3. The first-order chi connectivity index (χ1) is 4.83. The number of unbranched alkanes of at least 4 members (excludes halogenated alkanes) is 1. The van der Waals surface area contributed by atoms with Gasteiger partial charge in [0, 0.05) is 17.4 Å². The second-order valence-corrected chi connectivity index (χ2v) is 2.67. The van der Waals surface area contributed by atoms with Gasteiger partial charge in [0.15, 0.2) is 0 Å². The largest absolute Gasteiger partial charge is 0.243 e. The van der Waals surface area contributed by atoms with Crippen LogP contribution in [0.2, 0.25) is 0 Å². The van der Waals surface area contributed by atoms with Crippen molar-refractivity contribution in [3.63, 3.8) is 0 Å². The molecular formula is C8H17AlCl2N2+. The number of halogens is 2. The summed E-state index contributed by atoms with van der Waals surface area (Å²) < 4.78 is 4.28. The molecule has 0 aliphatic carbocycles. The number of imidazole rings is 1. The molecule has 0 bridgehead atoms. The Kier molecular flexibility index (Phi) is 15.2. The molecule has 5 heteroatoms. The van der Waals surface area contributed by atoms with E-state index in [-0.39, 0.29) is 42.2 Å². The highest BCUT2D eigenvalue weighted by Gasteiger charge is 1.96. The summed E-state index contributed by atoms with van der Waals surface area (Å²) in [6.07, 6.45) is 8.82. The van der Waals surface area contributed by atoms with Crippen molar-refractivity contribution in [3.05, 3.63) is 18.7 Å². The van der Waals surface area contributed by atoms with Gasteiger partial charge in [0.2, 0.25) is 6.33 Å². The van der Waals surface area contributed by atoms with E-state index in [0.717, 1.165) is 6.54 Å². The summed E-state index contributed by atoms with van der Waals surface area (Å²) in [4.78, 5) is 0. The molecule has 1 aromatic rings. The summed E-state index contributed by atoms with van der Waals surface area (Å²) >= 11 is 0. The van der Waals surface area contributed by atoms with Crippen molar-refractivity contribution in [1.29, 1.82) is 0 Å². The van der Waals surface area contributed by atoms with Crippen LogP contribution >= 0.6 is 24.8 Å². The van der Waals surface area contributed by atoms with E-state index in [1.165, 1.54) is 12.8 Å². The highest BCUT2D eigenvalue weighted by molar-refractivity contribution is 5.85. The second-order valence-electron chi connectivity index (χ2n) is 2.67. The maximum atomic E-state index is 2.21. The van der Waals surface area contributed by atoms with E-state index in [2.05, 4.69) is 34.8 Å². The molecule has 13 heavy (non-hydrogen) atoms. The number of nitrogens with zero attached hydrogens (tertiary/aromatic N) is 2. The van der Waals surface area contributed by atoms with Crippen molar-refractivity contribution in [2.45, 2.75) is 26.3 Å². The van der Waals surface area contributed by atoms with Crippen molar-refractivity contribution >= 4 is 42.2 Å². The van der Waals surface area contributed by atoms with Gasteiger partial charge in [-0.25, -0.2) is 9.13 Å². The van der Waals surface area contributed by atoms with E-state index in [4.69, 9.17) is 0 Å². The molecule has 3 radical (unpaired) electrons. The fourth-order valence-electron chi connectivity index (χ4n) is 0.975. The monoisotopic (exact) mass is 238 g/mol. The van der Waals surface area contributed by atoms with Gasteiger partial charge in [-0.15, -0.1) is 24.8 Å². The third-order valence-corrected chi connectivity index (χ3v) is 1.59. The minimum atomic E-state index is 0.